The van der Waals surface area contributed by atoms with Crippen molar-refractivity contribution in [2.75, 3.05) is 13.2 Å². The van der Waals surface area contributed by atoms with Gasteiger partial charge in [-0.25, -0.2) is 13.1 Å². The highest BCUT2D eigenvalue weighted by Gasteiger charge is 2.17. The summed E-state index contributed by atoms with van der Waals surface area (Å²) in [6, 6.07) is 4.71. The summed E-state index contributed by atoms with van der Waals surface area (Å²) in [5, 5.41) is 19.4. The molecule has 0 fully saturated rings. The highest BCUT2D eigenvalue weighted by Crippen LogP contribution is 2.16. The van der Waals surface area contributed by atoms with Gasteiger partial charge in [0.15, 0.2) is 0 Å². The van der Waals surface area contributed by atoms with Crippen molar-refractivity contribution in [2.24, 2.45) is 5.92 Å². The van der Waals surface area contributed by atoms with Crippen molar-refractivity contribution < 1.29 is 18.4 Å². The van der Waals surface area contributed by atoms with E-state index in [2.05, 4.69) is 4.72 Å². The van der Waals surface area contributed by atoms with E-state index in [9.17, 15) is 18.5 Å². The van der Waals surface area contributed by atoms with Gasteiger partial charge in [0.25, 0.3) is 5.69 Å². The molecule has 112 valence electrons. The molecule has 1 unspecified atom stereocenters. The van der Waals surface area contributed by atoms with Gasteiger partial charge in [0.1, 0.15) is 0 Å². The van der Waals surface area contributed by atoms with Crippen molar-refractivity contribution in [1.82, 2.24) is 4.72 Å². The Bertz CT molecular complexity index is 541. The van der Waals surface area contributed by atoms with E-state index in [1.807, 2.05) is 6.92 Å². The number of hydrogen-bond donors (Lipinski definition) is 2. The average molecular weight is 302 g/mol. The Morgan fingerprint density at radius 2 is 1.95 bits per heavy atom. The Hall–Kier alpha value is -1.51. The van der Waals surface area contributed by atoms with Crippen molar-refractivity contribution >= 4 is 15.7 Å². The zero-order valence-electron chi connectivity index (χ0n) is 11.2. The molecule has 7 nitrogen and oxygen atoms in total. The van der Waals surface area contributed by atoms with Crippen LogP contribution in [0.1, 0.15) is 19.8 Å². The maximum absolute atomic E-state index is 12.0. The number of benzene rings is 1. The largest absolute Gasteiger partial charge is 0.396 e. The van der Waals surface area contributed by atoms with E-state index >= 15 is 0 Å². The van der Waals surface area contributed by atoms with E-state index < -0.39 is 14.9 Å². The van der Waals surface area contributed by atoms with E-state index in [1.54, 1.807) is 0 Å². The molecule has 0 aromatic heterocycles. The zero-order valence-corrected chi connectivity index (χ0v) is 12.0. The molecule has 0 saturated carbocycles. The molecule has 1 aromatic carbocycles. The van der Waals surface area contributed by atoms with E-state index in [1.165, 1.54) is 12.1 Å². The van der Waals surface area contributed by atoms with Gasteiger partial charge in [0.05, 0.1) is 9.82 Å². The van der Waals surface area contributed by atoms with Crippen molar-refractivity contribution in [3.63, 3.8) is 0 Å². The lowest BCUT2D eigenvalue weighted by atomic mass is 10.0. The average Bonchev–Trinajstić information content (AvgIpc) is 2.43. The first-order valence-corrected chi connectivity index (χ1v) is 7.74. The fraction of sp³-hybridized carbons (Fsp3) is 0.500. The Labute approximate surface area is 117 Å². The summed E-state index contributed by atoms with van der Waals surface area (Å²) in [7, 11) is -3.68. The molecule has 1 atom stereocenters. The molecule has 20 heavy (non-hydrogen) atoms. The van der Waals surface area contributed by atoms with Gasteiger partial charge < -0.3 is 5.11 Å². The number of non-ortho nitro benzene ring substituents is 1. The molecular weight excluding hydrogens is 284 g/mol. The number of aliphatic hydroxyl groups is 1. The molecule has 0 radical (unpaired) electrons. The minimum absolute atomic E-state index is 0.0117. The standard InChI is InChI=1S/C12H18N2O5S/c1-2-10(7-8-15)9-13-20(18,19)12-5-3-11(4-6-12)14(16)17/h3-6,10,13,15H,2,7-9H2,1H3. The topological polar surface area (TPSA) is 110 Å². The quantitative estimate of drug-likeness (QED) is 0.555. The van der Waals surface area contributed by atoms with Crippen LogP contribution in [-0.2, 0) is 10.0 Å². The molecule has 0 spiro atoms. The van der Waals surface area contributed by atoms with Crippen LogP contribution in [0.5, 0.6) is 0 Å². The molecule has 0 aliphatic heterocycles. The van der Waals surface area contributed by atoms with E-state index in [0.29, 0.717) is 6.42 Å². The lowest BCUT2D eigenvalue weighted by Gasteiger charge is -2.14. The van der Waals surface area contributed by atoms with Gasteiger partial charge >= 0.3 is 0 Å². The summed E-state index contributed by atoms with van der Waals surface area (Å²) in [6.45, 7) is 2.16. The van der Waals surface area contributed by atoms with Crippen LogP contribution >= 0.6 is 0 Å². The Balaban J connectivity index is 2.75. The van der Waals surface area contributed by atoms with Gasteiger partial charge in [0.2, 0.25) is 10.0 Å². The molecule has 8 heteroatoms. The normalized spacial score (nSPS) is 13.1. The number of hydrogen-bond acceptors (Lipinski definition) is 5. The summed E-state index contributed by atoms with van der Waals surface area (Å²) in [4.78, 5) is 9.91. The summed E-state index contributed by atoms with van der Waals surface area (Å²) >= 11 is 0. The SMILES string of the molecule is CCC(CCO)CNS(=O)(=O)c1ccc([N+](=O)[O-])cc1. The maximum Gasteiger partial charge on any atom is 0.269 e. The van der Waals surface area contributed by atoms with Gasteiger partial charge in [-0.2, -0.15) is 0 Å². The van der Waals surface area contributed by atoms with Gasteiger partial charge in [-0.1, -0.05) is 13.3 Å². The van der Waals surface area contributed by atoms with Crippen LogP contribution in [0.2, 0.25) is 0 Å². The molecule has 0 aliphatic rings. The van der Waals surface area contributed by atoms with Crippen LogP contribution in [0, 0.1) is 16.0 Å². The fourth-order valence-electron chi connectivity index (χ4n) is 1.69. The number of aliphatic hydroxyl groups excluding tert-OH is 1. The molecule has 0 bridgehead atoms. The second kappa shape index (κ2) is 7.32. The molecule has 2 N–H and O–H groups in total. The van der Waals surface area contributed by atoms with Gasteiger partial charge in [-0.05, 0) is 24.5 Å². The first kappa shape index (κ1) is 16.5. The first-order valence-electron chi connectivity index (χ1n) is 6.25. The first-order chi connectivity index (χ1) is 9.40. The van der Waals surface area contributed by atoms with Gasteiger partial charge in [-0.15, -0.1) is 0 Å². The van der Waals surface area contributed by atoms with Crippen LogP contribution in [-0.4, -0.2) is 31.6 Å². The predicted octanol–water partition coefficient (Wildman–Crippen LogP) is 1.28. The lowest BCUT2D eigenvalue weighted by Crippen LogP contribution is -2.29. The Morgan fingerprint density at radius 3 is 2.40 bits per heavy atom. The Morgan fingerprint density at radius 1 is 1.35 bits per heavy atom. The van der Waals surface area contributed by atoms with Crippen molar-refractivity contribution in [2.45, 2.75) is 24.7 Å². The van der Waals surface area contributed by atoms with Crippen molar-refractivity contribution in [3.8, 4) is 0 Å². The zero-order chi connectivity index (χ0) is 15.2. The molecule has 0 heterocycles. The third-order valence-corrected chi connectivity index (χ3v) is 4.47. The third kappa shape index (κ3) is 4.55. The number of sulfonamides is 1. The van der Waals surface area contributed by atoms with Crippen LogP contribution in [0.3, 0.4) is 0 Å². The molecule has 0 amide bonds. The maximum atomic E-state index is 12.0. The summed E-state index contributed by atoms with van der Waals surface area (Å²) in [5.74, 6) is 0.0628. The van der Waals surface area contributed by atoms with E-state index in [0.717, 1.165) is 18.6 Å². The number of nitrogens with zero attached hydrogens (tertiary/aromatic N) is 1. The number of nitro benzene ring substituents is 1. The highest BCUT2D eigenvalue weighted by molar-refractivity contribution is 7.89. The van der Waals surface area contributed by atoms with Crippen molar-refractivity contribution in [1.29, 1.82) is 0 Å². The summed E-state index contributed by atoms with van der Waals surface area (Å²) in [5.41, 5.74) is -0.157. The summed E-state index contributed by atoms with van der Waals surface area (Å²) in [6.07, 6.45) is 1.28. The fourth-order valence-corrected chi connectivity index (χ4v) is 2.81. The lowest BCUT2D eigenvalue weighted by molar-refractivity contribution is -0.384. The van der Waals surface area contributed by atoms with E-state index in [-0.39, 0.29) is 29.7 Å². The number of nitrogens with one attached hydrogen (secondary N) is 1. The molecule has 0 aliphatic carbocycles. The van der Waals surface area contributed by atoms with Crippen LogP contribution < -0.4 is 4.72 Å². The third-order valence-electron chi connectivity index (χ3n) is 3.03. The predicted molar refractivity (Wildman–Crippen MR) is 73.8 cm³/mol. The highest BCUT2D eigenvalue weighted by atomic mass is 32.2. The monoisotopic (exact) mass is 302 g/mol. The number of nitro groups is 1. The molecular formula is C12H18N2O5S. The second-order valence-electron chi connectivity index (χ2n) is 4.39. The molecule has 1 aromatic rings. The van der Waals surface area contributed by atoms with Crippen LogP contribution in [0.15, 0.2) is 29.2 Å². The van der Waals surface area contributed by atoms with Crippen LogP contribution in [0.25, 0.3) is 0 Å². The minimum atomic E-state index is -3.68. The Kier molecular flexibility index (Phi) is 6.05. The molecule has 1 rings (SSSR count). The summed E-state index contributed by atoms with van der Waals surface area (Å²) < 4.78 is 26.4. The number of rotatable bonds is 8. The minimum Gasteiger partial charge on any atom is -0.396 e. The van der Waals surface area contributed by atoms with Crippen LogP contribution in [0.4, 0.5) is 5.69 Å². The van der Waals surface area contributed by atoms with Crippen molar-refractivity contribution in [3.05, 3.63) is 34.4 Å². The molecule has 0 saturated heterocycles. The van der Waals surface area contributed by atoms with E-state index in [4.69, 9.17) is 5.11 Å². The smallest absolute Gasteiger partial charge is 0.269 e. The second-order valence-corrected chi connectivity index (χ2v) is 6.16. The van der Waals surface area contributed by atoms with Gasteiger partial charge in [-0.3, -0.25) is 10.1 Å². The van der Waals surface area contributed by atoms with Gasteiger partial charge in [0, 0.05) is 25.3 Å².